The van der Waals surface area contributed by atoms with E-state index in [4.69, 9.17) is 5.11 Å². The molecule has 134 valence electrons. The molecular weight excluding hydrogens is 304 g/mol. The minimum absolute atomic E-state index is 0.0517. The van der Waals surface area contributed by atoms with E-state index in [2.05, 4.69) is 6.92 Å². The zero-order valence-electron chi connectivity index (χ0n) is 14.7. The van der Waals surface area contributed by atoms with Crippen LogP contribution in [-0.2, 0) is 14.4 Å². The Morgan fingerprint density at radius 1 is 1.12 bits per heavy atom. The Kier molecular flexibility index (Phi) is 9.97. The molecule has 2 atom stereocenters. The van der Waals surface area contributed by atoms with E-state index in [-0.39, 0.29) is 24.0 Å². The normalized spacial score (nSPS) is 20.1. The molecule has 1 rings (SSSR count). The van der Waals surface area contributed by atoms with Gasteiger partial charge in [0.05, 0.1) is 0 Å². The molecule has 0 aromatic rings. The van der Waals surface area contributed by atoms with Crippen molar-refractivity contribution in [1.82, 2.24) is 0 Å². The van der Waals surface area contributed by atoms with Crippen molar-refractivity contribution in [1.29, 1.82) is 0 Å². The number of carboxylic acid groups (broad SMARTS) is 1. The van der Waals surface area contributed by atoms with Crippen LogP contribution in [0.25, 0.3) is 0 Å². The van der Waals surface area contributed by atoms with Crippen LogP contribution in [-0.4, -0.2) is 22.6 Å². The van der Waals surface area contributed by atoms with E-state index in [0.717, 1.165) is 32.1 Å². The fourth-order valence-corrected chi connectivity index (χ4v) is 3.03. The molecule has 0 unspecified atom stereocenters. The molecule has 0 saturated heterocycles. The molecule has 4 nitrogen and oxygen atoms in total. The number of Topliss-reactive ketones (excluding diaryl/α,β-unsaturated/α-hetero) is 1. The quantitative estimate of drug-likeness (QED) is 0.398. The van der Waals surface area contributed by atoms with Gasteiger partial charge in [0, 0.05) is 25.2 Å². The number of carbonyl (C=O) groups excluding carboxylic acids is 2. The van der Waals surface area contributed by atoms with Crippen molar-refractivity contribution in [2.24, 2.45) is 11.8 Å². The van der Waals surface area contributed by atoms with Crippen molar-refractivity contribution in [3.63, 3.8) is 0 Å². The molecule has 0 aliphatic heterocycles. The van der Waals surface area contributed by atoms with E-state index in [1.807, 2.05) is 18.2 Å². The predicted molar refractivity (Wildman–Crippen MR) is 94.8 cm³/mol. The number of allylic oxidation sites excluding steroid dienone is 4. The molecule has 0 amide bonds. The van der Waals surface area contributed by atoms with Crippen LogP contribution >= 0.6 is 0 Å². The maximum Gasteiger partial charge on any atom is 0.303 e. The number of carbonyl (C=O) groups is 3. The molecule has 0 aromatic heterocycles. The minimum Gasteiger partial charge on any atom is -0.481 e. The molecule has 0 saturated carbocycles. The maximum absolute atomic E-state index is 12.0. The average Bonchev–Trinajstić information content (AvgIpc) is 2.89. The Balaban J connectivity index is 2.29. The molecule has 24 heavy (non-hydrogen) atoms. The summed E-state index contributed by atoms with van der Waals surface area (Å²) >= 11 is 0. The average molecular weight is 334 g/mol. The van der Waals surface area contributed by atoms with Gasteiger partial charge in [-0.05, 0) is 44.1 Å². The molecule has 0 radical (unpaired) electrons. The van der Waals surface area contributed by atoms with Crippen LogP contribution in [0.2, 0.25) is 0 Å². The highest BCUT2D eigenvalue weighted by Crippen LogP contribution is 2.30. The molecule has 0 heterocycles. The summed E-state index contributed by atoms with van der Waals surface area (Å²) < 4.78 is 0. The zero-order valence-corrected chi connectivity index (χ0v) is 14.7. The van der Waals surface area contributed by atoms with Gasteiger partial charge in [0.1, 0.15) is 5.78 Å². The Morgan fingerprint density at radius 2 is 1.92 bits per heavy atom. The second kappa shape index (κ2) is 11.8. The maximum atomic E-state index is 12.0. The minimum atomic E-state index is -0.776. The number of carboxylic acids is 1. The third-order valence-electron chi connectivity index (χ3n) is 4.52. The number of hydrogen-bond donors (Lipinski definition) is 1. The summed E-state index contributed by atoms with van der Waals surface area (Å²) in [6.45, 7) is 2.12. The van der Waals surface area contributed by atoms with Crippen molar-refractivity contribution in [2.45, 2.75) is 71.1 Å². The highest BCUT2D eigenvalue weighted by atomic mass is 16.4. The summed E-state index contributed by atoms with van der Waals surface area (Å²) in [5.74, 6) is -0.213. The molecule has 0 aromatic carbocycles. The van der Waals surface area contributed by atoms with Gasteiger partial charge in [0.15, 0.2) is 5.78 Å². The van der Waals surface area contributed by atoms with Crippen LogP contribution in [0.1, 0.15) is 71.1 Å². The molecular formula is C20H30O4. The van der Waals surface area contributed by atoms with Crippen LogP contribution in [0.15, 0.2) is 24.3 Å². The van der Waals surface area contributed by atoms with E-state index in [0.29, 0.717) is 31.5 Å². The van der Waals surface area contributed by atoms with E-state index in [9.17, 15) is 14.4 Å². The second-order valence-electron chi connectivity index (χ2n) is 6.56. The van der Waals surface area contributed by atoms with E-state index in [1.165, 1.54) is 0 Å². The van der Waals surface area contributed by atoms with Crippen molar-refractivity contribution in [2.75, 3.05) is 0 Å². The monoisotopic (exact) mass is 334 g/mol. The van der Waals surface area contributed by atoms with Crippen LogP contribution < -0.4 is 0 Å². The van der Waals surface area contributed by atoms with Gasteiger partial charge in [0.25, 0.3) is 0 Å². The molecule has 4 heteroatoms. The van der Waals surface area contributed by atoms with Crippen molar-refractivity contribution < 1.29 is 19.5 Å². The van der Waals surface area contributed by atoms with Gasteiger partial charge in [-0.2, -0.15) is 0 Å². The highest BCUT2D eigenvalue weighted by Gasteiger charge is 2.28. The van der Waals surface area contributed by atoms with Gasteiger partial charge in [-0.3, -0.25) is 14.4 Å². The molecule has 1 N–H and O–H groups in total. The van der Waals surface area contributed by atoms with E-state index in [1.54, 1.807) is 6.08 Å². The van der Waals surface area contributed by atoms with Gasteiger partial charge >= 0.3 is 5.97 Å². The summed E-state index contributed by atoms with van der Waals surface area (Å²) in [5.41, 5.74) is 0. The van der Waals surface area contributed by atoms with Crippen molar-refractivity contribution >= 4 is 17.5 Å². The smallest absolute Gasteiger partial charge is 0.303 e. The number of aliphatic carboxylic acids is 1. The van der Waals surface area contributed by atoms with Crippen LogP contribution in [0.4, 0.5) is 0 Å². The van der Waals surface area contributed by atoms with Crippen LogP contribution in [0.3, 0.4) is 0 Å². The zero-order chi connectivity index (χ0) is 17.8. The summed E-state index contributed by atoms with van der Waals surface area (Å²) in [4.78, 5) is 34.3. The van der Waals surface area contributed by atoms with Crippen molar-refractivity contribution in [3.05, 3.63) is 24.3 Å². The first-order chi connectivity index (χ1) is 11.5. The summed E-state index contributed by atoms with van der Waals surface area (Å²) in [6.07, 6.45) is 14.9. The molecule has 1 aliphatic carbocycles. The Bertz CT molecular complexity index is 476. The first-order valence-electron chi connectivity index (χ1n) is 9.15. The van der Waals surface area contributed by atoms with Gasteiger partial charge in [-0.15, -0.1) is 0 Å². The van der Waals surface area contributed by atoms with E-state index < -0.39 is 5.97 Å². The summed E-state index contributed by atoms with van der Waals surface area (Å²) in [5, 5.41) is 8.58. The first-order valence-corrected chi connectivity index (χ1v) is 9.15. The largest absolute Gasteiger partial charge is 0.481 e. The van der Waals surface area contributed by atoms with Gasteiger partial charge in [-0.25, -0.2) is 0 Å². The van der Waals surface area contributed by atoms with E-state index >= 15 is 0 Å². The van der Waals surface area contributed by atoms with Gasteiger partial charge < -0.3 is 5.11 Å². The standard InChI is InChI=1S/C20H30O4/c1-2-3-6-9-17(21)14-12-16-13-15-19(22)18(16)10-7-4-5-8-11-20(23)24/h4,7,13,15-16,18H,2-3,5-6,8-12,14H2,1H3,(H,23,24)/t16-,18+/m0/s1. The number of ketones is 2. The lowest BCUT2D eigenvalue weighted by Gasteiger charge is -2.16. The third-order valence-corrected chi connectivity index (χ3v) is 4.52. The topological polar surface area (TPSA) is 71.4 Å². The van der Waals surface area contributed by atoms with Crippen LogP contribution in [0, 0.1) is 11.8 Å². The Morgan fingerprint density at radius 3 is 2.62 bits per heavy atom. The predicted octanol–water partition coefficient (Wildman–Crippen LogP) is 4.49. The highest BCUT2D eigenvalue weighted by molar-refractivity contribution is 5.94. The van der Waals surface area contributed by atoms with Crippen molar-refractivity contribution in [3.8, 4) is 0 Å². The lowest BCUT2D eigenvalue weighted by Crippen LogP contribution is -2.16. The molecule has 1 aliphatic rings. The lowest BCUT2D eigenvalue weighted by atomic mass is 9.87. The SMILES string of the molecule is CCCCCC(=O)CC[C@H]1C=CC(=O)[C@@H]1CC=CCCCC(=O)O. The second-order valence-corrected chi connectivity index (χ2v) is 6.56. The molecule has 0 fully saturated rings. The number of unbranched alkanes of at least 4 members (excludes halogenated alkanes) is 3. The van der Waals surface area contributed by atoms with Gasteiger partial charge in [0.2, 0.25) is 0 Å². The number of hydrogen-bond acceptors (Lipinski definition) is 3. The third kappa shape index (κ3) is 8.23. The Labute approximate surface area is 145 Å². The summed E-state index contributed by atoms with van der Waals surface area (Å²) in [7, 11) is 0. The Hall–Kier alpha value is -1.71. The van der Waals surface area contributed by atoms with Crippen LogP contribution in [0.5, 0.6) is 0 Å². The number of rotatable bonds is 13. The first kappa shape index (κ1) is 20.3. The molecule has 0 bridgehead atoms. The summed E-state index contributed by atoms with van der Waals surface area (Å²) in [6, 6.07) is 0. The fraction of sp³-hybridized carbons (Fsp3) is 0.650. The van der Waals surface area contributed by atoms with Gasteiger partial charge in [-0.1, -0.05) is 38.0 Å². The lowest BCUT2D eigenvalue weighted by molar-refractivity contribution is -0.137. The fourth-order valence-electron chi connectivity index (χ4n) is 3.03. The molecule has 0 spiro atoms.